The highest BCUT2D eigenvalue weighted by Crippen LogP contribution is 2.36. The summed E-state index contributed by atoms with van der Waals surface area (Å²) in [6.45, 7) is 4.62. The number of aryl methyl sites for hydroxylation is 1. The first-order chi connectivity index (χ1) is 10.2. The molecule has 2 aromatic rings. The van der Waals surface area contributed by atoms with Crippen LogP contribution in [0.15, 0.2) is 17.7 Å². The zero-order chi connectivity index (χ0) is 15.0. The number of rotatable bonds is 3. The van der Waals surface area contributed by atoms with E-state index in [2.05, 4.69) is 19.9 Å². The Balaban J connectivity index is 2.20. The number of likely N-dealkylation sites (N-methyl/N-ethyl adjacent to an activating group) is 1. The summed E-state index contributed by atoms with van der Waals surface area (Å²) in [4.78, 5) is 18.0. The molecule has 0 fully saturated rings. The lowest BCUT2D eigenvalue weighted by Gasteiger charge is -2.34. The van der Waals surface area contributed by atoms with Crippen molar-refractivity contribution >= 4 is 29.2 Å². The summed E-state index contributed by atoms with van der Waals surface area (Å²) in [5.74, 6) is 0.783. The Morgan fingerprint density at radius 3 is 2.86 bits per heavy atom. The van der Waals surface area contributed by atoms with E-state index in [0.29, 0.717) is 6.54 Å². The van der Waals surface area contributed by atoms with Crippen molar-refractivity contribution in [2.45, 2.75) is 25.2 Å². The third-order valence-corrected chi connectivity index (χ3v) is 4.12. The SMILES string of the molecule is CCN1c2nc(SC)nc(C)c2C=C(c2cnc[nH]2)C1O. The zero-order valence-corrected chi connectivity index (χ0v) is 13.0. The second kappa shape index (κ2) is 5.50. The maximum absolute atomic E-state index is 10.6. The van der Waals surface area contributed by atoms with Gasteiger partial charge in [0.25, 0.3) is 0 Å². The van der Waals surface area contributed by atoms with Crippen molar-refractivity contribution in [1.82, 2.24) is 19.9 Å². The Morgan fingerprint density at radius 2 is 2.24 bits per heavy atom. The Hall–Kier alpha value is -1.86. The number of aromatic nitrogens is 4. The van der Waals surface area contributed by atoms with E-state index in [1.165, 1.54) is 11.8 Å². The molecule has 1 aliphatic heterocycles. The van der Waals surface area contributed by atoms with E-state index < -0.39 is 6.23 Å². The molecule has 0 spiro atoms. The molecule has 110 valence electrons. The zero-order valence-electron chi connectivity index (χ0n) is 12.2. The second-order valence-corrected chi connectivity index (χ2v) is 5.53. The van der Waals surface area contributed by atoms with Gasteiger partial charge in [0, 0.05) is 17.7 Å². The van der Waals surface area contributed by atoms with Crippen molar-refractivity contribution in [1.29, 1.82) is 0 Å². The third kappa shape index (κ3) is 2.32. The summed E-state index contributed by atoms with van der Waals surface area (Å²) < 4.78 is 0. The Labute approximate surface area is 127 Å². The van der Waals surface area contributed by atoms with Gasteiger partial charge in [-0.2, -0.15) is 0 Å². The molecule has 0 aromatic carbocycles. The van der Waals surface area contributed by atoms with E-state index in [0.717, 1.165) is 33.5 Å². The van der Waals surface area contributed by atoms with Crippen LogP contribution in [0.5, 0.6) is 0 Å². The van der Waals surface area contributed by atoms with Crippen LogP contribution in [0.2, 0.25) is 0 Å². The van der Waals surface area contributed by atoms with Gasteiger partial charge in [0.05, 0.1) is 23.9 Å². The highest BCUT2D eigenvalue weighted by Gasteiger charge is 2.30. The summed E-state index contributed by atoms with van der Waals surface area (Å²) in [5.41, 5.74) is 3.45. The van der Waals surface area contributed by atoms with E-state index in [-0.39, 0.29) is 0 Å². The molecule has 0 saturated heterocycles. The summed E-state index contributed by atoms with van der Waals surface area (Å²) in [5, 5.41) is 11.4. The Bertz CT molecular complexity index is 683. The van der Waals surface area contributed by atoms with E-state index in [1.54, 1.807) is 12.5 Å². The molecule has 2 aromatic heterocycles. The third-order valence-electron chi connectivity index (χ3n) is 3.57. The van der Waals surface area contributed by atoms with Crippen molar-refractivity contribution in [2.75, 3.05) is 17.7 Å². The lowest BCUT2D eigenvalue weighted by atomic mass is 10.0. The number of nitrogens with one attached hydrogen (secondary N) is 1. The highest BCUT2D eigenvalue weighted by molar-refractivity contribution is 7.98. The van der Waals surface area contributed by atoms with E-state index in [1.807, 2.05) is 31.1 Å². The molecule has 6 nitrogen and oxygen atoms in total. The van der Waals surface area contributed by atoms with Gasteiger partial charge < -0.3 is 15.0 Å². The summed E-state index contributed by atoms with van der Waals surface area (Å²) in [7, 11) is 0. The van der Waals surface area contributed by atoms with Gasteiger partial charge in [-0.1, -0.05) is 11.8 Å². The van der Waals surface area contributed by atoms with E-state index in [9.17, 15) is 5.11 Å². The minimum Gasteiger partial charge on any atom is -0.369 e. The lowest BCUT2D eigenvalue weighted by molar-refractivity contribution is 0.225. The number of H-pyrrole nitrogens is 1. The second-order valence-electron chi connectivity index (χ2n) is 4.76. The molecule has 0 saturated carbocycles. The average Bonchev–Trinajstić information content (AvgIpc) is 3.00. The fourth-order valence-electron chi connectivity index (χ4n) is 2.49. The maximum atomic E-state index is 10.6. The minimum atomic E-state index is -0.744. The molecule has 1 aliphatic rings. The smallest absolute Gasteiger partial charge is 0.189 e. The van der Waals surface area contributed by atoms with Crippen molar-refractivity contribution in [2.24, 2.45) is 0 Å². The van der Waals surface area contributed by atoms with Crippen LogP contribution in [0, 0.1) is 6.92 Å². The molecular weight excluding hydrogens is 286 g/mol. The molecule has 3 rings (SSSR count). The molecule has 21 heavy (non-hydrogen) atoms. The number of fused-ring (bicyclic) bond motifs is 1. The van der Waals surface area contributed by atoms with Crippen molar-refractivity contribution < 1.29 is 5.11 Å². The molecule has 0 aliphatic carbocycles. The first kappa shape index (κ1) is 14.1. The van der Waals surface area contributed by atoms with Gasteiger partial charge in [0.15, 0.2) is 11.4 Å². The number of hydrogen-bond donors (Lipinski definition) is 2. The summed E-state index contributed by atoms with van der Waals surface area (Å²) >= 11 is 1.50. The Morgan fingerprint density at radius 1 is 1.43 bits per heavy atom. The number of imidazole rings is 1. The number of anilines is 1. The van der Waals surface area contributed by atoms with Crippen molar-refractivity contribution in [3.05, 3.63) is 29.5 Å². The quantitative estimate of drug-likeness (QED) is 0.666. The molecule has 1 unspecified atom stereocenters. The predicted molar refractivity (Wildman–Crippen MR) is 84.0 cm³/mol. The van der Waals surface area contributed by atoms with Crippen LogP contribution in [-0.2, 0) is 0 Å². The highest BCUT2D eigenvalue weighted by atomic mass is 32.2. The molecule has 0 amide bonds. The van der Waals surface area contributed by atoms with Gasteiger partial charge in [-0.15, -0.1) is 0 Å². The lowest BCUT2D eigenvalue weighted by Crippen LogP contribution is -2.39. The van der Waals surface area contributed by atoms with Gasteiger partial charge in [-0.05, 0) is 26.2 Å². The van der Waals surface area contributed by atoms with Gasteiger partial charge >= 0.3 is 0 Å². The molecular formula is C14H17N5OS. The number of thioether (sulfide) groups is 1. The standard InChI is InChI=1S/C14H17N5OS/c1-4-19-12-9(8(2)17-14(18-12)21-3)5-10(13(19)20)11-6-15-7-16-11/h5-7,13,20H,4H2,1-3H3,(H,15,16). The topological polar surface area (TPSA) is 77.9 Å². The summed E-state index contributed by atoms with van der Waals surface area (Å²) in [6.07, 6.45) is 6.46. The maximum Gasteiger partial charge on any atom is 0.189 e. The molecule has 0 bridgehead atoms. The number of aliphatic hydroxyl groups is 1. The average molecular weight is 303 g/mol. The molecule has 0 radical (unpaired) electrons. The fraction of sp³-hybridized carbons (Fsp3) is 0.357. The van der Waals surface area contributed by atoms with E-state index in [4.69, 9.17) is 0 Å². The molecule has 2 N–H and O–H groups in total. The van der Waals surface area contributed by atoms with Crippen LogP contribution >= 0.6 is 11.8 Å². The van der Waals surface area contributed by atoms with Crippen LogP contribution in [0.1, 0.15) is 23.9 Å². The van der Waals surface area contributed by atoms with Crippen LogP contribution < -0.4 is 4.90 Å². The van der Waals surface area contributed by atoms with Gasteiger partial charge in [-0.3, -0.25) is 0 Å². The summed E-state index contributed by atoms with van der Waals surface area (Å²) in [6, 6.07) is 0. The normalized spacial score (nSPS) is 17.6. The minimum absolute atomic E-state index is 0.657. The number of aromatic amines is 1. The van der Waals surface area contributed by atoms with Crippen molar-refractivity contribution in [3.63, 3.8) is 0 Å². The first-order valence-electron chi connectivity index (χ1n) is 6.73. The number of aliphatic hydroxyl groups excluding tert-OH is 1. The first-order valence-corrected chi connectivity index (χ1v) is 7.95. The molecule has 1 atom stereocenters. The predicted octanol–water partition coefficient (Wildman–Crippen LogP) is 1.93. The van der Waals surface area contributed by atoms with Crippen LogP contribution in [0.3, 0.4) is 0 Å². The number of hydrogen-bond acceptors (Lipinski definition) is 6. The van der Waals surface area contributed by atoms with E-state index >= 15 is 0 Å². The monoisotopic (exact) mass is 303 g/mol. The van der Waals surface area contributed by atoms with Gasteiger partial charge in [-0.25, -0.2) is 15.0 Å². The van der Waals surface area contributed by atoms with Crippen LogP contribution in [0.25, 0.3) is 11.6 Å². The van der Waals surface area contributed by atoms with Crippen LogP contribution in [0.4, 0.5) is 5.82 Å². The molecule has 7 heteroatoms. The van der Waals surface area contributed by atoms with Gasteiger partial charge in [0.2, 0.25) is 0 Å². The van der Waals surface area contributed by atoms with Crippen molar-refractivity contribution in [3.8, 4) is 0 Å². The number of nitrogens with zero attached hydrogens (tertiary/aromatic N) is 4. The van der Waals surface area contributed by atoms with Crippen LogP contribution in [-0.4, -0.2) is 44.1 Å². The molecule has 3 heterocycles. The largest absolute Gasteiger partial charge is 0.369 e. The van der Waals surface area contributed by atoms with Gasteiger partial charge in [0.1, 0.15) is 5.82 Å². The Kier molecular flexibility index (Phi) is 3.69. The fourth-order valence-corrected chi connectivity index (χ4v) is 2.89.